The van der Waals surface area contributed by atoms with Gasteiger partial charge in [-0.25, -0.2) is 15.8 Å². The number of aromatic nitrogens is 4. The Morgan fingerprint density at radius 3 is 2.56 bits per heavy atom. The molecule has 0 saturated carbocycles. The van der Waals surface area contributed by atoms with Crippen LogP contribution in [0.1, 0.15) is 17.1 Å². The molecule has 2 heterocycles. The lowest BCUT2D eigenvalue weighted by Crippen LogP contribution is -2.10. The van der Waals surface area contributed by atoms with Crippen LogP contribution in [0.15, 0.2) is 18.7 Å². The summed E-state index contributed by atoms with van der Waals surface area (Å²) in [5.74, 6) is 5.77. The summed E-state index contributed by atoms with van der Waals surface area (Å²) in [6.07, 6.45) is 5.11. The molecule has 0 aliphatic carbocycles. The van der Waals surface area contributed by atoms with Crippen molar-refractivity contribution in [1.82, 2.24) is 19.5 Å². The minimum atomic E-state index is 0.558. The minimum Gasteiger partial charge on any atom is -0.329 e. The van der Waals surface area contributed by atoms with Gasteiger partial charge < -0.3 is 9.99 Å². The number of nitrogens with one attached hydrogen (secondary N) is 1. The van der Waals surface area contributed by atoms with Gasteiger partial charge in [0.1, 0.15) is 0 Å². The van der Waals surface area contributed by atoms with Crippen molar-refractivity contribution in [1.29, 1.82) is 0 Å². The van der Waals surface area contributed by atoms with E-state index in [4.69, 9.17) is 5.84 Å². The molecule has 2 rings (SSSR count). The van der Waals surface area contributed by atoms with Crippen LogP contribution in [-0.2, 0) is 6.54 Å². The van der Waals surface area contributed by atoms with Gasteiger partial charge in [0.05, 0.1) is 36.7 Å². The van der Waals surface area contributed by atoms with E-state index < -0.39 is 0 Å². The standard InChI is InChI=1S/C10H14N6/c1-7-8(2)16(6-14-7)5-9-3-13-10(15-11)4-12-9/h3-4,6H,5,11H2,1-2H3,(H,13,15). The molecular formula is C10H14N6. The maximum absolute atomic E-state index is 5.21. The molecule has 0 fully saturated rings. The van der Waals surface area contributed by atoms with Gasteiger partial charge in [0.15, 0.2) is 5.82 Å². The Balaban J connectivity index is 2.17. The first-order valence-electron chi connectivity index (χ1n) is 4.96. The van der Waals surface area contributed by atoms with E-state index in [-0.39, 0.29) is 0 Å². The van der Waals surface area contributed by atoms with Gasteiger partial charge in [0.25, 0.3) is 0 Å². The first-order valence-corrected chi connectivity index (χ1v) is 4.96. The molecule has 0 aliphatic heterocycles. The monoisotopic (exact) mass is 218 g/mol. The average molecular weight is 218 g/mol. The van der Waals surface area contributed by atoms with Crippen LogP contribution in [0.4, 0.5) is 5.82 Å². The van der Waals surface area contributed by atoms with E-state index >= 15 is 0 Å². The molecule has 0 aromatic carbocycles. The topological polar surface area (TPSA) is 81.7 Å². The van der Waals surface area contributed by atoms with Crippen LogP contribution in [0.25, 0.3) is 0 Å². The molecular weight excluding hydrogens is 204 g/mol. The van der Waals surface area contributed by atoms with Gasteiger partial charge in [0, 0.05) is 5.69 Å². The van der Waals surface area contributed by atoms with Crippen molar-refractivity contribution in [3.8, 4) is 0 Å². The van der Waals surface area contributed by atoms with Crippen LogP contribution in [0.5, 0.6) is 0 Å². The highest BCUT2D eigenvalue weighted by molar-refractivity contribution is 5.28. The summed E-state index contributed by atoms with van der Waals surface area (Å²) >= 11 is 0. The maximum atomic E-state index is 5.21. The molecule has 84 valence electrons. The third-order valence-corrected chi connectivity index (χ3v) is 2.53. The quantitative estimate of drug-likeness (QED) is 0.583. The van der Waals surface area contributed by atoms with Crippen molar-refractivity contribution >= 4 is 5.82 Å². The van der Waals surface area contributed by atoms with Crippen LogP contribution in [0.3, 0.4) is 0 Å². The lowest BCUT2D eigenvalue weighted by atomic mass is 10.3. The van der Waals surface area contributed by atoms with Crippen molar-refractivity contribution in [3.05, 3.63) is 35.8 Å². The zero-order chi connectivity index (χ0) is 11.5. The summed E-state index contributed by atoms with van der Waals surface area (Å²) in [6, 6.07) is 0. The molecule has 0 bridgehead atoms. The molecule has 6 heteroatoms. The van der Waals surface area contributed by atoms with Crippen LogP contribution >= 0.6 is 0 Å². The fraction of sp³-hybridized carbons (Fsp3) is 0.300. The summed E-state index contributed by atoms with van der Waals surface area (Å²) in [6.45, 7) is 4.69. The fourth-order valence-electron chi connectivity index (χ4n) is 1.39. The zero-order valence-corrected chi connectivity index (χ0v) is 9.31. The Labute approximate surface area is 93.5 Å². The molecule has 0 aliphatic rings. The predicted octanol–water partition coefficient (Wildman–Crippen LogP) is 0.624. The molecule has 6 nitrogen and oxygen atoms in total. The first-order chi connectivity index (χ1) is 7.70. The normalized spacial score (nSPS) is 10.4. The molecule has 0 unspecified atom stereocenters. The Hall–Kier alpha value is -1.95. The Morgan fingerprint density at radius 2 is 2.06 bits per heavy atom. The number of anilines is 1. The molecule has 3 N–H and O–H groups in total. The largest absolute Gasteiger partial charge is 0.329 e. The van der Waals surface area contributed by atoms with Crippen molar-refractivity contribution in [2.24, 2.45) is 5.84 Å². The van der Waals surface area contributed by atoms with Crippen molar-refractivity contribution in [3.63, 3.8) is 0 Å². The minimum absolute atomic E-state index is 0.558. The summed E-state index contributed by atoms with van der Waals surface area (Å²) in [7, 11) is 0. The zero-order valence-electron chi connectivity index (χ0n) is 9.31. The van der Waals surface area contributed by atoms with Crippen molar-refractivity contribution in [2.45, 2.75) is 20.4 Å². The molecule has 16 heavy (non-hydrogen) atoms. The third-order valence-electron chi connectivity index (χ3n) is 2.53. The highest BCUT2D eigenvalue weighted by Crippen LogP contribution is 2.07. The molecule has 2 aromatic rings. The highest BCUT2D eigenvalue weighted by Gasteiger charge is 2.03. The average Bonchev–Trinajstić information content (AvgIpc) is 2.62. The summed E-state index contributed by atoms with van der Waals surface area (Å²) in [4.78, 5) is 12.6. The molecule has 0 spiro atoms. The lowest BCUT2D eigenvalue weighted by Gasteiger charge is -2.05. The van der Waals surface area contributed by atoms with Gasteiger partial charge >= 0.3 is 0 Å². The predicted molar refractivity (Wildman–Crippen MR) is 60.6 cm³/mol. The fourth-order valence-corrected chi connectivity index (χ4v) is 1.39. The number of imidazole rings is 1. The molecule has 0 saturated heterocycles. The lowest BCUT2D eigenvalue weighted by molar-refractivity contribution is 0.743. The Morgan fingerprint density at radius 1 is 1.25 bits per heavy atom. The van der Waals surface area contributed by atoms with Gasteiger partial charge in [-0.3, -0.25) is 4.98 Å². The van der Waals surface area contributed by atoms with E-state index in [0.29, 0.717) is 12.4 Å². The number of aryl methyl sites for hydroxylation is 1. The summed E-state index contributed by atoms with van der Waals surface area (Å²) in [5, 5.41) is 0. The summed E-state index contributed by atoms with van der Waals surface area (Å²) < 4.78 is 2.04. The van der Waals surface area contributed by atoms with E-state index in [9.17, 15) is 0 Å². The summed E-state index contributed by atoms with van der Waals surface area (Å²) in [5.41, 5.74) is 5.49. The molecule has 2 aromatic heterocycles. The molecule has 0 amide bonds. The Kier molecular flexibility index (Phi) is 2.82. The van der Waals surface area contributed by atoms with Gasteiger partial charge in [-0.15, -0.1) is 0 Å². The second-order valence-electron chi connectivity index (χ2n) is 3.58. The molecule has 0 atom stereocenters. The van der Waals surface area contributed by atoms with Crippen LogP contribution in [0, 0.1) is 13.8 Å². The van der Waals surface area contributed by atoms with E-state index in [1.54, 1.807) is 18.7 Å². The SMILES string of the molecule is Cc1ncn(Cc2cnc(NN)cn2)c1C. The number of nitrogens with two attached hydrogens (primary N) is 1. The van der Waals surface area contributed by atoms with Crippen LogP contribution in [-0.4, -0.2) is 19.5 Å². The second kappa shape index (κ2) is 4.28. The number of hydrazine groups is 1. The number of nitrogens with zero attached hydrogens (tertiary/aromatic N) is 4. The number of nitrogen functional groups attached to an aromatic ring is 1. The van der Waals surface area contributed by atoms with E-state index in [1.807, 2.05) is 18.4 Å². The third kappa shape index (κ3) is 2.01. The first kappa shape index (κ1) is 10.6. The maximum Gasteiger partial charge on any atom is 0.158 e. The highest BCUT2D eigenvalue weighted by atomic mass is 15.3. The van der Waals surface area contributed by atoms with Gasteiger partial charge in [-0.2, -0.15) is 0 Å². The van der Waals surface area contributed by atoms with Crippen molar-refractivity contribution < 1.29 is 0 Å². The van der Waals surface area contributed by atoms with Crippen molar-refractivity contribution in [2.75, 3.05) is 5.43 Å². The van der Waals surface area contributed by atoms with E-state index in [0.717, 1.165) is 17.1 Å². The van der Waals surface area contributed by atoms with Crippen LogP contribution < -0.4 is 11.3 Å². The van der Waals surface area contributed by atoms with Crippen LogP contribution in [0.2, 0.25) is 0 Å². The number of hydrogen-bond donors (Lipinski definition) is 2. The smallest absolute Gasteiger partial charge is 0.158 e. The molecule has 0 radical (unpaired) electrons. The van der Waals surface area contributed by atoms with Gasteiger partial charge in [0.2, 0.25) is 0 Å². The number of rotatable bonds is 3. The Bertz CT molecular complexity index is 473. The van der Waals surface area contributed by atoms with E-state index in [2.05, 4.69) is 20.4 Å². The van der Waals surface area contributed by atoms with E-state index in [1.165, 1.54) is 0 Å². The second-order valence-corrected chi connectivity index (χ2v) is 3.58. The number of hydrogen-bond acceptors (Lipinski definition) is 5. The van der Waals surface area contributed by atoms with Gasteiger partial charge in [-0.1, -0.05) is 0 Å². The van der Waals surface area contributed by atoms with Gasteiger partial charge in [-0.05, 0) is 13.8 Å².